The van der Waals surface area contributed by atoms with Crippen LogP contribution in [0.2, 0.25) is 0 Å². The molecule has 0 spiro atoms. The molecule has 3 N–H and O–H groups in total. The molecule has 2 aliphatic carbocycles. The van der Waals surface area contributed by atoms with Crippen LogP contribution in [0.4, 0.5) is 0 Å². The van der Waals surface area contributed by atoms with Gasteiger partial charge in [-0.2, -0.15) is 0 Å². The summed E-state index contributed by atoms with van der Waals surface area (Å²) in [7, 11) is 0. The molecule has 0 aromatic carbocycles. The zero-order valence-electron chi connectivity index (χ0n) is 12.7. The number of amides is 1. The van der Waals surface area contributed by atoms with E-state index in [9.17, 15) is 9.59 Å². The Morgan fingerprint density at radius 3 is 2.81 bits per heavy atom. The van der Waals surface area contributed by atoms with E-state index in [0.29, 0.717) is 19.4 Å². The third kappa shape index (κ3) is 2.41. The van der Waals surface area contributed by atoms with E-state index in [2.05, 4.69) is 11.4 Å². The molecule has 3 rings (SSSR count). The normalized spacial score (nSPS) is 33.1. The van der Waals surface area contributed by atoms with Gasteiger partial charge in [0, 0.05) is 18.7 Å². The van der Waals surface area contributed by atoms with Crippen molar-refractivity contribution in [3.63, 3.8) is 0 Å². The number of nitrogens with one attached hydrogen (secondary N) is 1. The summed E-state index contributed by atoms with van der Waals surface area (Å²) in [5.41, 5.74) is 8.63. The Balaban J connectivity index is 1.97. The molecule has 4 heteroatoms. The highest BCUT2D eigenvalue weighted by Gasteiger charge is 2.47. The number of ketones is 1. The van der Waals surface area contributed by atoms with Crippen LogP contribution in [0.15, 0.2) is 22.9 Å². The first-order valence-corrected chi connectivity index (χ1v) is 8.01. The summed E-state index contributed by atoms with van der Waals surface area (Å²) in [6.07, 6.45) is 8.83. The quantitative estimate of drug-likeness (QED) is 0.818. The largest absolute Gasteiger partial charge is 0.384 e. The Labute approximate surface area is 125 Å². The van der Waals surface area contributed by atoms with Crippen molar-refractivity contribution in [2.24, 2.45) is 17.1 Å². The zero-order valence-corrected chi connectivity index (χ0v) is 12.7. The van der Waals surface area contributed by atoms with E-state index in [0.717, 1.165) is 24.8 Å². The van der Waals surface area contributed by atoms with Crippen LogP contribution in [0, 0.1) is 11.3 Å². The molecule has 21 heavy (non-hydrogen) atoms. The van der Waals surface area contributed by atoms with Crippen LogP contribution in [-0.2, 0) is 9.59 Å². The van der Waals surface area contributed by atoms with Crippen LogP contribution in [0.5, 0.6) is 0 Å². The number of primary amides is 1. The minimum absolute atomic E-state index is 0.176. The Bertz CT molecular complexity index is 547. The van der Waals surface area contributed by atoms with Crippen LogP contribution in [0.3, 0.4) is 0 Å². The molecule has 4 nitrogen and oxygen atoms in total. The van der Waals surface area contributed by atoms with Gasteiger partial charge < -0.3 is 11.1 Å². The number of rotatable bonds is 2. The summed E-state index contributed by atoms with van der Waals surface area (Å²) >= 11 is 0. The number of Topliss-reactive ketones (excluding diaryl/α,β-unsaturated/α-hetero) is 1. The van der Waals surface area contributed by atoms with E-state index in [1.54, 1.807) is 0 Å². The average molecular weight is 288 g/mol. The number of hydrogen-bond acceptors (Lipinski definition) is 3. The topological polar surface area (TPSA) is 72.2 Å². The molecule has 114 valence electrons. The van der Waals surface area contributed by atoms with Crippen molar-refractivity contribution in [2.45, 2.75) is 51.9 Å². The third-order valence-corrected chi connectivity index (χ3v) is 5.39. The van der Waals surface area contributed by atoms with E-state index in [4.69, 9.17) is 5.73 Å². The molecule has 1 saturated carbocycles. The van der Waals surface area contributed by atoms with Gasteiger partial charge in [0.1, 0.15) is 5.78 Å². The minimum atomic E-state index is -0.727. The molecular weight excluding hydrogens is 264 g/mol. The molecule has 1 amide bonds. The fourth-order valence-electron chi connectivity index (χ4n) is 4.11. The summed E-state index contributed by atoms with van der Waals surface area (Å²) in [5, 5.41) is 3.47. The molecule has 3 aliphatic rings. The first-order chi connectivity index (χ1) is 10.0. The maximum atomic E-state index is 12.5. The fraction of sp³-hybridized carbons (Fsp3) is 0.647. The highest BCUT2D eigenvalue weighted by atomic mass is 16.2. The first-order valence-electron chi connectivity index (χ1n) is 8.01. The van der Waals surface area contributed by atoms with Gasteiger partial charge in [-0.1, -0.05) is 6.08 Å². The predicted octanol–water partition coefficient (Wildman–Crippen LogP) is 2.20. The number of hydrogen-bond donors (Lipinski definition) is 2. The van der Waals surface area contributed by atoms with Gasteiger partial charge in [-0.15, -0.1) is 0 Å². The molecule has 1 heterocycles. The lowest BCUT2D eigenvalue weighted by Gasteiger charge is -2.40. The molecule has 0 aromatic heterocycles. The van der Waals surface area contributed by atoms with E-state index in [1.807, 2.05) is 6.92 Å². The van der Waals surface area contributed by atoms with E-state index >= 15 is 0 Å². The lowest BCUT2D eigenvalue weighted by atomic mass is 9.63. The summed E-state index contributed by atoms with van der Waals surface area (Å²) < 4.78 is 0. The van der Waals surface area contributed by atoms with Crippen LogP contribution in [0.1, 0.15) is 51.9 Å². The number of carbonyl (C=O) groups is 2. The van der Waals surface area contributed by atoms with Gasteiger partial charge in [-0.05, 0) is 56.6 Å². The second-order valence-electron chi connectivity index (χ2n) is 6.82. The highest BCUT2D eigenvalue weighted by molar-refractivity contribution is 5.94. The van der Waals surface area contributed by atoms with Crippen molar-refractivity contribution in [1.82, 2.24) is 5.32 Å². The standard InChI is InChI=1S/C17H24N2O2/c1-17(16(18)21)8-4-7-14(20)15(17)12-9-11-5-2-3-6-13(11)19-10-12/h9,15,19H,2-8,10H2,1H3,(H2,18,21). The van der Waals surface area contributed by atoms with E-state index in [-0.39, 0.29) is 17.6 Å². The molecule has 0 bridgehead atoms. The maximum Gasteiger partial charge on any atom is 0.224 e. The molecule has 0 saturated heterocycles. The molecule has 0 aromatic rings. The van der Waals surface area contributed by atoms with Crippen LogP contribution >= 0.6 is 0 Å². The van der Waals surface area contributed by atoms with Crippen LogP contribution in [0.25, 0.3) is 0 Å². The van der Waals surface area contributed by atoms with Gasteiger partial charge >= 0.3 is 0 Å². The number of allylic oxidation sites excluding steroid dienone is 3. The van der Waals surface area contributed by atoms with Gasteiger partial charge in [0.2, 0.25) is 5.91 Å². The molecule has 0 radical (unpaired) electrons. The predicted molar refractivity (Wildman–Crippen MR) is 81.2 cm³/mol. The van der Waals surface area contributed by atoms with Gasteiger partial charge in [-0.25, -0.2) is 0 Å². The lowest BCUT2D eigenvalue weighted by molar-refractivity contribution is -0.140. The second kappa shape index (κ2) is 5.32. The van der Waals surface area contributed by atoms with Gasteiger partial charge in [-0.3, -0.25) is 9.59 Å². The third-order valence-electron chi connectivity index (χ3n) is 5.39. The summed E-state index contributed by atoms with van der Waals surface area (Å²) in [4.78, 5) is 24.4. The monoisotopic (exact) mass is 288 g/mol. The van der Waals surface area contributed by atoms with Crippen molar-refractivity contribution in [2.75, 3.05) is 6.54 Å². The number of dihydropyridines is 1. The van der Waals surface area contributed by atoms with E-state index < -0.39 is 5.41 Å². The smallest absolute Gasteiger partial charge is 0.224 e. The van der Waals surface area contributed by atoms with Gasteiger partial charge in [0.25, 0.3) is 0 Å². The van der Waals surface area contributed by atoms with Gasteiger partial charge in [0.05, 0.1) is 11.3 Å². The van der Waals surface area contributed by atoms with Crippen LogP contribution < -0.4 is 11.1 Å². The SMILES string of the molecule is CC1(C(N)=O)CCCC(=O)C1C1=CC2=C(CCCC2)NC1. The van der Waals surface area contributed by atoms with Crippen LogP contribution in [-0.4, -0.2) is 18.2 Å². The molecule has 1 aliphatic heterocycles. The van der Waals surface area contributed by atoms with Crippen molar-refractivity contribution >= 4 is 11.7 Å². The summed E-state index contributed by atoms with van der Waals surface area (Å²) in [6, 6.07) is 0. The molecule has 2 atom stereocenters. The molecule has 2 unspecified atom stereocenters. The highest BCUT2D eigenvalue weighted by Crippen LogP contribution is 2.44. The Morgan fingerprint density at radius 1 is 1.29 bits per heavy atom. The van der Waals surface area contributed by atoms with Crippen molar-refractivity contribution in [3.8, 4) is 0 Å². The summed E-state index contributed by atoms with van der Waals surface area (Å²) in [5.74, 6) is -0.507. The fourth-order valence-corrected chi connectivity index (χ4v) is 4.11. The second-order valence-corrected chi connectivity index (χ2v) is 6.82. The lowest BCUT2D eigenvalue weighted by Crippen LogP contribution is -2.49. The summed E-state index contributed by atoms with van der Waals surface area (Å²) in [6.45, 7) is 2.54. The number of carbonyl (C=O) groups excluding carboxylic acids is 2. The molecular formula is C17H24N2O2. The molecule has 1 fully saturated rings. The van der Waals surface area contributed by atoms with Crippen molar-refractivity contribution in [1.29, 1.82) is 0 Å². The Kier molecular flexibility index (Phi) is 3.64. The number of nitrogens with two attached hydrogens (primary N) is 1. The van der Waals surface area contributed by atoms with E-state index in [1.165, 1.54) is 24.1 Å². The Hall–Kier alpha value is -1.58. The average Bonchev–Trinajstić information content (AvgIpc) is 2.47. The van der Waals surface area contributed by atoms with Crippen molar-refractivity contribution < 1.29 is 9.59 Å². The van der Waals surface area contributed by atoms with Gasteiger partial charge in [0.15, 0.2) is 0 Å². The maximum absolute atomic E-state index is 12.5. The first kappa shape index (κ1) is 14.4. The zero-order chi connectivity index (χ0) is 15.0. The van der Waals surface area contributed by atoms with Crippen molar-refractivity contribution in [3.05, 3.63) is 22.9 Å². The Morgan fingerprint density at radius 2 is 2.05 bits per heavy atom. The minimum Gasteiger partial charge on any atom is -0.384 e.